The topological polar surface area (TPSA) is 26.0 Å². The first-order valence-corrected chi connectivity index (χ1v) is 5.53. The first-order chi connectivity index (χ1) is 5.77. The summed E-state index contributed by atoms with van der Waals surface area (Å²) < 4.78 is 0. The Kier molecular flexibility index (Phi) is 4.07. The Balaban J connectivity index is 2.38. The molecule has 0 bridgehead atoms. The van der Waals surface area contributed by atoms with Crippen molar-refractivity contribution >= 4 is 0 Å². The van der Waals surface area contributed by atoms with Crippen LogP contribution in [0.25, 0.3) is 0 Å². The number of hydrogen-bond donors (Lipinski definition) is 1. The van der Waals surface area contributed by atoms with Crippen molar-refractivity contribution in [3.05, 3.63) is 0 Å². The van der Waals surface area contributed by atoms with Crippen molar-refractivity contribution in [1.29, 1.82) is 0 Å². The fraction of sp³-hybridized carbons (Fsp3) is 1.00. The monoisotopic (exact) mass is 169 g/mol. The molecular formula is C11H23N. The summed E-state index contributed by atoms with van der Waals surface area (Å²) in [6, 6.07) is 0.504. The van der Waals surface area contributed by atoms with E-state index in [-0.39, 0.29) is 0 Å². The van der Waals surface area contributed by atoms with Gasteiger partial charge >= 0.3 is 0 Å². The van der Waals surface area contributed by atoms with Gasteiger partial charge in [-0.1, -0.05) is 39.5 Å². The highest BCUT2D eigenvalue weighted by Crippen LogP contribution is 2.32. The van der Waals surface area contributed by atoms with Crippen LogP contribution in [0.15, 0.2) is 0 Å². The third-order valence-electron chi connectivity index (χ3n) is 3.47. The van der Waals surface area contributed by atoms with Crippen molar-refractivity contribution in [1.82, 2.24) is 0 Å². The Morgan fingerprint density at radius 2 is 1.92 bits per heavy atom. The molecule has 72 valence electrons. The van der Waals surface area contributed by atoms with Crippen LogP contribution >= 0.6 is 0 Å². The molecule has 2 unspecified atom stereocenters. The lowest BCUT2D eigenvalue weighted by atomic mass is 9.76. The van der Waals surface area contributed by atoms with E-state index in [9.17, 15) is 0 Å². The van der Waals surface area contributed by atoms with Crippen molar-refractivity contribution < 1.29 is 0 Å². The normalized spacial score (nSPS) is 31.0. The molecule has 0 radical (unpaired) electrons. The molecule has 1 rings (SSSR count). The smallest absolute Gasteiger partial charge is 0.00415 e. The molecule has 1 aliphatic rings. The summed E-state index contributed by atoms with van der Waals surface area (Å²) in [6.07, 6.45) is 8.02. The van der Waals surface area contributed by atoms with E-state index in [1.807, 2.05) is 0 Å². The lowest BCUT2D eigenvalue weighted by Gasteiger charge is -2.32. The van der Waals surface area contributed by atoms with Crippen molar-refractivity contribution in [2.24, 2.45) is 17.6 Å². The summed E-state index contributed by atoms with van der Waals surface area (Å²) in [5, 5.41) is 0. The molecule has 0 aromatic rings. The van der Waals surface area contributed by atoms with Crippen LogP contribution in [0.2, 0.25) is 0 Å². The molecule has 1 aliphatic carbocycles. The van der Waals surface area contributed by atoms with Gasteiger partial charge in [0.25, 0.3) is 0 Å². The average Bonchev–Trinajstić information content (AvgIpc) is 2.07. The van der Waals surface area contributed by atoms with E-state index in [0.29, 0.717) is 6.04 Å². The number of nitrogens with two attached hydrogens (primary N) is 1. The summed E-state index contributed by atoms with van der Waals surface area (Å²) in [5.41, 5.74) is 5.97. The van der Waals surface area contributed by atoms with Gasteiger partial charge in [0.05, 0.1) is 0 Å². The quantitative estimate of drug-likeness (QED) is 0.690. The van der Waals surface area contributed by atoms with Gasteiger partial charge in [-0.25, -0.2) is 0 Å². The molecule has 0 aromatic heterocycles. The highest BCUT2D eigenvalue weighted by molar-refractivity contribution is 4.78. The molecule has 1 fully saturated rings. The molecule has 0 aromatic carbocycles. The average molecular weight is 169 g/mol. The SMILES string of the molecule is CCC(CC)C1CCCC(N)C1. The predicted octanol–water partition coefficient (Wildman–Crippen LogP) is 2.94. The minimum atomic E-state index is 0.504. The van der Waals surface area contributed by atoms with E-state index in [1.54, 1.807) is 0 Å². The van der Waals surface area contributed by atoms with E-state index < -0.39 is 0 Å². The van der Waals surface area contributed by atoms with E-state index in [2.05, 4.69) is 13.8 Å². The molecule has 1 nitrogen and oxygen atoms in total. The summed E-state index contributed by atoms with van der Waals surface area (Å²) in [4.78, 5) is 0. The second kappa shape index (κ2) is 4.86. The molecule has 2 N–H and O–H groups in total. The van der Waals surface area contributed by atoms with Gasteiger partial charge in [-0.05, 0) is 24.7 Å². The van der Waals surface area contributed by atoms with Crippen molar-refractivity contribution in [3.8, 4) is 0 Å². The summed E-state index contributed by atoms with van der Waals surface area (Å²) in [7, 11) is 0. The van der Waals surface area contributed by atoms with Crippen LogP contribution in [0.4, 0.5) is 0 Å². The molecule has 0 amide bonds. The van der Waals surface area contributed by atoms with Gasteiger partial charge < -0.3 is 5.73 Å². The molecule has 12 heavy (non-hydrogen) atoms. The van der Waals surface area contributed by atoms with Crippen LogP contribution < -0.4 is 5.73 Å². The van der Waals surface area contributed by atoms with Crippen LogP contribution in [0, 0.1) is 11.8 Å². The van der Waals surface area contributed by atoms with Crippen molar-refractivity contribution in [3.63, 3.8) is 0 Å². The molecule has 1 saturated carbocycles. The van der Waals surface area contributed by atoms with Gasteiger partial charge in [-0.2, -0.15) is 0 Å². The molecule has 0 spiro atoms. The van der Waals surface area contributed by atoms with Crippen LogP contribution in [-0.4, -0.2) is 6.04 Å². The lowest BCUT2D eigenvalue weighted by molar-refractivity contribution is 0.218. The first kappa shape index (κ1) is 10.0. The minimum Gasteiger partial charge on any atom is -0.328 e. The highest BCUT2D eigenvalue weighted by Gasteiger charge is 2.24. The number of hydrogen-bond acceptors (Lipinski definition) is 1. The standard InChI is InChI=1S/C11H23N/c1-3-9(4-2)10-6-5-7-11(12)8-10/h9-11H,3-8,12H2,1-2H3. The Hall–Kier alpha value is -0.0400. The maximum atomic E-state index is 5.97. The molecule has 0 aliphatic heterocycles. The Morgan fingerprint density at radius 3 is 2.42 bits per heavy atom. The molecule has 0 heterocycles. The van der Waals surface area contributed by atoms with Gasteiger partial charge in [-0.3, -0.25) is 0 Å². The second-order valence-electron chi connectivity index (χ2n) is 4.26. The zero-order valence-electron chi connectivity index (χ0n) is 8.55. The summed E-state index contributed by atoms with van der Waals surface area (Å²) in [5.74, 6) is 1.88. The minimum absolute atomic E-state index is 0.504. The number of rotatable bonds is 3. The maximum Gasteiger partial charge on any atom is 0.00415 e. The predicted molar refractivity (Wildman–Crippen MR) is 54.0 cm³/mol. The Labute approximate surface area is 76.7 Å². The largest absolute Gasteiger partial charge is 0.328 e. The fourth-order valence-electron chi connectivity index (χ4n) is 2.65. The van der Waals surface area contributed by atoms with E-state index >= 15 is 0 Å². The van der Waals surface area contributed by atoms with Crippen LogP contribution in [-0.2, 0) is 0 Å². The molecular weight excluding hydrogens is 146 g/mol. The van der Waals surface area contributed by atoms with Gasteiger partial charge in [0.1, 0.15) is 0 Å². The Morgan fingerprint density at radius 1 is 1.25 bits per heavy atom. The van der Waals surface area contributed by atoms with Crippen molar-refractivity contribution in [2.45, 2.75) is 58.4 Å². The van der Waals surface area contributed by atoms with Crippen LogP contribution in [0.3, 0.4) is 0 Å². The summed E-state index contributed by atoms with van der Waals surface area (Å²) in [6.45, 7) is 4.63. The third-order valence-corrected chi connectivity index (χ3v) is 3.47. The maximum absolute atomic E-state index is 5.97. The van der Waals surface area contributed by atoms with Gasteiger partial charge in [0.15, 0.2) is 0 Å². The van der Waals surface area contributed by atoms with Gasteiger partial charge in [-0.15, -0.1) is 0 Å². The van der Waals surface area contributed by atoms with E-state index in [4.69, 9.17) is 5.73 Å². The lowest BCUT2D eigenvalue weighted by Crippen LogP contribution is -2.31. The molecule has 2 atom stereocenters. The van der Waals surface area contributed by atoms with Crippen molar-refractivity contribution in [2.75, 3.05) is 0 Å². The molecule has 1 heteroatoms. The van der Waals surface area contributed by atoms with Gasteiger partial charge in [0.2, 0.25) is 0 Å². The fourth-order valence-corrected chi connectivity index (χ4v) is 2.65. The zero-order valence-corrected chi connectivity index (χ0v) is 8.55. The Bertz CT molecular complexity index is 118. The van der Waals surface area contributed by atoms with E-state index in [0.717, 1.165) is 11.8 Å². The molecule has 0 saturated heterocycles. The first-order valence-electron chi connectivity index (χ1n) is 5.53. The van der Waals surface area contributed by atoms with Crippen LogP contribution in [0.1, 0.15) is 52.4 Å². The third kappa shape index (κ3) is 2.48. The highest BCUT2D eigenvalue weighted by atomic mass is 14.6. The van der Waals surface area contributed by atoms with Gasteiger partial charge in [0, 0.05) is 6.04 Å². The zero-order chi connectivity index (χ0) is 8.97. The van der Waals surface area contributed by atoms with Crippen LogP contribution in [0.5, 0.6) is 0 Å². The van der Waals surface area contributed by atoms with E-state index in [1.165, 1.54) is 38.5 Å². The summed E-state index contributed by atoms with van der Waals surface area (Å²) >= 11 is 0. The second-order valence-corrected chi connectivity index (χ2v) is 4.26.